The maximum absolute atomic E-state index is 13.8. The Labute approximate surface area is 115 Å². The van der Waals surface area contributed by atoms with Crippen LogP contribution in [0.15, 0.2) is 18.2 Å². The molecule has 2 rings (SSSR count). The smallest absolute Gasteiger partial charge is 0.128 e. The van der Waals surface area contributed by atoms with Gasteiger partial charge in [0.25, 0.3) is 0 Å². The number of likely N-dealkylation sites (N-methyl/N-ethyl adjacent to an activating group) is 1. The highest BCUT2D eigenvalue weighted by Crippen LogP contribution is 2.25. The van der Waals surface area contributed by atoms with Crippen molar-refractivity contribution in [2.24, 2.45) is 0 Å². The average molecular weight is 282 g/mol. The van der Waals surface area contributed by atoms with Gasteiger partial charge in [-0.3, -0.25) is 0 Å². The van der Waals surface area contributed by atoms with Crippen molar-refractivity contribution in [2.45, 2.75) is 26.3 Å². The predicted octanol–water partition coefficient (Wildman–Crippen LogP) is 3.54. The van der Waals surface area contributed by atoms with Crippen molar-refractivity contribution in [1.82, 2.24) is 10.3 Å². The highest BCUT2D eigenvalue weighted by atomic mass is 32.1. The number of nitrogens with zero attached hydrogens (tertiary/aromatic N) is 1. The third kappa shape index (κ3) is 3.16. The molecule has 1 aromatic carbocycles. The minimum absolute atomic E-state index is 0.277. The van der Waals surface area contributed by atoms with Gasteiger partial charge in [-0.15, -0.1) is 11.3 Å². The first-order chi connectivity index (χ1) is 9.01. The molecule has 0 saturated carbocycles. The number of halogens is 2. The molecule has 2 nitrogen and oxygen atoms in total. The summed E-state index contributed by atoms with van der Waals surface area (Å²) in [7, 11) is 1.74. The maximum atomic E-state index is 13.8. The van der Waals surface area contributed by atoms with E-state index < -0.39 is 11.6 Å². The molecular weight excluding hydrogens is 266 g/mol. The van der Waals surface area contributed by atoms with Crippen LogP contribution in [0, 0.1) is 25.5 Å². The highest BCUT2D eigenvalue weighted by molar-refractivity contribution is 7.11. The molecule has 102 valence electrons. The molecule has 1 heterocycles. The van der Waals surface area contributed by atoms with Gasteiger partial charge in [0.15, 0.2) is 0 Å². The normalized spacial score (nSPS) is 12.7. The van der Waals surface area contributed by atoms with E-state index in [9.17, 15) is 8.78 Å². The summed E-state index contributed by atoms with van der Waals surface area (Å²) in [4.78, 5) is 5.59. The van der Waals surface area contributed by atoms with Crippen LogP contribution < -0.4 is 5.32 Å². The highest BCUT2D eigenvalue weighted by Gasteiger charge is 2.17. The van der Waals surface area contributed by atoms with Crippen LogP contribution in [-0.4, -0.2) is 12.0 Å². The number of rotatable bonds is 4. The molecule has 19 heavy (non-hydrogen) atoms. The van der Waals surface area contributed by atoms with E-state index in [0.29, 0.717) is 12.0 Å². The molecule has 0 fully saturated rings. The van der Waals surface area contributed by atoms with Crippen molar-refractivity contribution in [1.29, 1.82) is 0 Å². The van der Waals surface area contributed by atoms with Crippen molar-refractivity contribution in [3.8, 4) is 0 Å². The van der Waals surface area contributed by atoms with Crippen LogP contribution in [0.5, 0.6) is 0 Å². The van der Waals surface area contributed by atoms with E-state index in [1.807, 2.05) is 13.8 Å². The summed E-state index contributed by atoms with van der Waals surface area (Å²) >= 11 is 1.60. The molecule has 0 radical (unpaired) electrons. The number of nitrogens with one attached hydrogen (secondary N) is 1. The average Bonchev–Trinajstić information content (AvgIpc) is 2.69. The molecule has 1 N–H and O–H groups in total. The van der Waals surface area contributed by atoms with E-state index in [1.54, 1.807) is 18.4 Å². The first-order valence-electron chi connectivity index (χ1n) is 6.06. The van der Waals surface area contributed by atoms with Gasteiger partial charge in [-0.25, -0.2) is 13.8 Å². The second-order valence-electron chi connectivity index (χ2n) is 4.46. The zero-order valence-electron chi connectivity index (χ0n) is 11.1. The molecule has 0 aliphatic rings. The Balaban J connectivity index is 2.27. The van der Waals surface area contributed by atoms with Crippen LogP contribution in [0.1, 0.15) is 27.2 Å². The molecule has 1 unspecified atom stereocenters. The van der Waals surface area contributed by atoms with E-state index in [1.165, 1.54) is 6.07 Å². The lowest BCUT2D eigenvalue weighted by atomic mass is 10.0. The van der Waals surface area contributed by atoms with Gasteiger partial charge in [0.1, 0.15) is 11.6 Å². The number of hydrogen-bond donors (Lipinski definition) is 1. The lowest BCUT2D eigenvalue weighted by molar-refractivity contribution is 0.522. The van der Waals surface area contributed by atoms with Crippen LogP contribution >= 0.6 is 11.3 Å². The van der Waals surface area contributed by atoms with Gasteiger partial charge in [0.05, 0.1) is 10.7 Å². The number of hydrogen-bond acceptors (Lipinski definition) is 3. The zero-order chi connectivity index (χ0) is 14.0. The molecule has 0 saturated heterocycles. The molecule has 1 atom stereocenters. The fraction of sp³-hybridized carbons (Fsp3) is 0.357. The quantitative estimate of drug-likeness (QED) is 0.927. The number of aryl methyl sites for hydroxylation is 2. The van der Waals surface area contributed by atoms with E-state index in [0.717, 1.165) is 27.7 Å². The molecule has 0 amide bonds. The first-order valence-corrected chi connectivity index (χ1v) is 6.88. The van der Waals surface area contributed by atoms with E-state index in [-0.39, 0.29) is 6.04 Å². The van der Waals surface area contributed by atoms with Crippen LogP contribution in [0.25, 0.3) is 0 Å². The van der Waals surface area contributed by atoms with Crippen LogP contribution in [0.3, 0.4) is 0 Å². The third-order valence-electron chi connectivity index (χ3n) is 3.13. The van der Waals surface area contributed by atoms with E-state index in [4.69, 9.17) is 0 Å². The van der Waals surface area contributed by atoms with Crippen LogP contribution in [-0.2, 0) is 6.42 Å². The lowest BCUT2D eigenvalue weighted by Crippen LogP contribution is -2.20. The fourth-order valence-electron chi connectivity index (χ4n) is 1.95. The zero-order valence-corrected chi connectivity index (χ0v) is 11.9. The Morgan fingerprint density at radius 1 is 1.32 bits per heavy atom. The van der Waals surface area contributed by atoms with Gasteiger partial charge in [0, 0.05) is 22.9 Å². The van der Waals surface area contributed by atoms with Gasteiger partial charge in [-0.1, -0.05) is 0 Å². The SMILES string of the molecule is CNC(Cc1nc(C)c(C)s1)c1cc(F)ccc1F. The summed E-state index contributed by atoms with van der Waals surface area (Å²) in [6.45, 7) is 3.96. The lowest BCUT2D eigenvalue weighted by Gasteiger charge is -2.16. The standard InChI is InChI=1S/C14H16F2N2S/c1-8-9(2)19-14(18-8)7-13(17-3)11-6-10(15)4-5-12(11)16/h4-6,13,17H,7H2,1-3H3. The van der Waals surface area contributed by atoms with Crippen molar-refractivity contribution >= 4 is 11.3 Å². The summed E-state index contributed by atoms with van der Waals surface area (Å²) in [5.74, 6) is -0.825. The van der Waals surface area contributed by atoms with E-state index in [2.05, 4.69) is 10.3 Å². The predicted molar refractivity (Wildman–Crippen MR) is 73.5 cm³/mol. The molecule has 0 aliphatic carbocycles. The molecule has 2 aromatic rings. The number of thiazole rings is 1. The van der Waals surface area contributed by atoms with Gasteiger partial charge < -0.3 is 5.32 Å². The Bertz CT molecular complexity index is 561. The second-order valence-corrected chi connectivity index (χ2v) is 5.75. The van der Waals surface area contributed by atoms with Gasteiger partial charge in [-0.2, -0.15) is 0 Å². The molecule has 0 spiro atoms. The monoisotopic (exact) mass is 282 g/mol. The summed E-state index contributed by atoms with van der Waals surface area (Å²) in [5.41, 5.74) is 1.34. The van der Waals surface area contributed by atoms with Gasteiger partial charge in [0.2, 0.25) is 0 Å². The third-order valence-corrected chi connectivity index (χ3v) is 4.23. The molecule has 1 aromatic heterocycles. The number of aromatic nitrogens is 1. The minimum atomic E-state index is -0.428. The van der Waals surface area contributed by atoms with Crippen molar-refractivity contribution in [3.63, 3.8) is 0 Å². The van der Waals surface area contributed by atoms with E-state index >= 15 is 0 Å². The first kappa shape index (κ1) is 14.1. The summed E-state index contributed by atoms with van der Waals surface area (Å²) < 4.78 is 27.0. The van der Waals surface area contributed by atoms with Gasteiger partial charge >= 0.3 is 0 Å². The molecule has 5 heteroatoms. The summed E-state index contributed by atoms with van der Waals surface area (Å²) in [6, 6.07) is 3.25. The number of benzene rings is 1. The van der Waals surface area contributed by atoms with Crippen LogP contribution in [0.2, 0.25) is 0 Å². The van der Waals surface area contributed by atoms with Crippen molar-refractivity contribution in [2.75, 3.05) is 7.05 Å². The molecule has 0 aliphatic heterocycles. The Morgan fingerprint density at radius 3 is 2.63 bits per heavy atom. The molecular formula is C14H16F2N2S. The van der Waals surface area contributed by atoms with Crippen LogP contribution in [0.4, 0.5) is 8.78 Å². The largest absolute Gasteiger partial charge is 0.313 e. The molecule has 0 bridgehead atoms. The second kappa shape index (κ2) is 5.75. The van der Waals surface area contributed by atoms with Gasteiger partial charge in [-0.05, 0) is 39.1 Å². The summed E-state index contributed by atoms with van der Waals surface area (Å²) in [6.07, 6.45) is 0.552. The minimum Gasteiger partial charge on any atom is -0.313 e. The van der Waals surface area contributed by atoms with Crippen molar-refractivity contribution in [3.05, 3.63) is 51.0 Å². The summed E-state index contributed by atoms with van der Waals surface area (Å²) in [5, 5.41) is 3.95. The van der Waals surface area contributed by atoms with Crippen molar-refractivity contribution < 1.29 is 8.78 Å². The fourth-order valence-corrected chi connectivity index (χ4v) is 2.93. The Kier molecular flexibility index (Phi) is 4.27. The Hall–Kier alpha value is -1.33. The maximum Gasteiger partial charge on any atom is 0.128 e. The topological polar surface area (TPSA) is 24.9 Å². The Morgan fingerprint density at radius 2 is 2.05 bits per heavy atom.